The van der Waals surface area contributed by atoms with Gasteiger partial charge in [-0.1, -0.05) is 42.0 Å². The number of hydrogen-bond donors (Lipinski definition) is 2. The smallest absolute Gasteiger partial charge is 0.406 e. The van der Waals surface area contributed by atoms with E-state index in [4.69, 9.17) is 0 Å². The van der Waals surface area contributed by atoms with Crippen molar-refractivity contribution in [1.29, 1.82) is 0 Å². The van der Waals surface area contributed by atoms with Gasteiger partial charge in [-0.3, -0.25) is 0 Å². The molecule has 0 radical (unpaired) electrons. The van der Waals surface area contributed by atoms with Crippen LogP contribution in [0.3, 0.4) is 0 Å². The summed E-state index contributed by atoms with van der Waals surface area (Å²) in [6, 6.07) is 15.6. The van der Waals surface area contributed by atoms with Gasteiger partial charge in [0, 0.05) is 24.7 Å². The Bertz CT molecular complexity index is 1060. The molecule has 0 saturated carbocycles. The van der Waals surface area contributed by atoms with Crippen LogP contribution in [0, 0.1) is 6.92 Å². The highest BCUT2D eigenvalue weighted by Crippen LogP contribution is 2.28. The van der Waals surface area contributed by atoms with Gasteiger partial charge in [0.15, 0.2) is 0 Å². The third-order valence-electron chi connectivity index (χ3n) is 4.71. The summed E-state index contributed by atoms with van der Waals surface area (Å²) in [5.41, 5.74) is 3.23. The SMILES string of the molecule is Cc1cccc(CNc2cc(-c3cccc(OC(F)(F)F)c3)nc(NCCCN(C)C)n2)c1. The fraction of sp³-hybridized carbons (Fsp3) is 0.333. The van der Waals surface area contributed by atoms with Crippen molar-refractivity contribution in [3.63, 3.8) is 0 Å². The Labute approximate surface area is 191 Å². The minimum absolute atomic E-state index is 0.298. The lowest BCUT2D eigenvalue weighted by molar-refractivity contribution is -0.274. The molecule has 0 amide bonds. The van der Waals surface area contributed by atoms with Crippen LogP contribution in [0.5, 0.6) is 5.75 Å². The monoisotopic (exact) mass is 459 g/mol. The topological polar surface area (TPSA) is 62.3 Å². The van der Waals surface area contributed by atoms with Crippen LogP contribution in [0.15, 0.2) is 54.6 Å². The first kappa shape index (κ1) is 24.3. The fourth-order valence-electron chi connectivity index (χ4n) is 3.23. The van der Waals surface area contributed by atoms with E-state index in [9.17, 15) is 13.2 Å². The van der Waals surface area contributed by atoms with E-state index in [-0.39, 0.29) is 5.75 Å². The summed E-state index contributed by atoms with van der Waals surface area (Å²) in [6.45, 7) is 4.14. The third kappa shape index (κ3) is 8.27. The van der Waals surface area contributed by atoms with Gasteiger partial charge in [-0.2, -0.15) is 4.98 Å². The Kier molecular flexibility index (Phi) is 8.11. The van der Waals surface area contributed by atoms with Gasteiger partial charge in [-0.15, -0.1) is 13.2 Å². The number of anilines is 2. The maximum absolute atomic E-state index is 12.7. The second-order valence-electron chi connectivity index (χ2n) is 7.96. The van der Waals surface area contributed by atoms with E-state index in [1.54, 1.807) is 12.1 Å². The molecule has 9 heteroatoms. The number of halogens is 3. The summed E-state index contributed by atoms with van der Waals surface area (Å²) in [5, 5.41) is 6.50. The Balaban J connectivity index is 1.84. The summed E-state index contributed by atoms with van der Waals surface area (Å²) in [4.78, 5) is 11.1. The van der Waals surface area contributed by atoms with Crippen LogP contribution in [0.2, 0.25) is 0 Å². The molecule has 2 aromatic carbocycles. The molecule has 0 aliphatic heterocycles. The van der Waals surface area contributed by atoms with Crippen molar-refractivity contribution in [2.45, 2.75) is 26.3 Å². The summed E-state index contributed by atoms with van der Waals surface area (Å²) in [6.07, 6.45) is -3.87. The van der Waals surface area contributed by atoms with Gasteiger partial charge in [-0.25, -0.2) is 4.98 Å². The highest BCUT2D eigenvalue weighted by atomic mass is 19.4. The highest BCUT2D eigenvalue weighted by molar-refractivity contribution is 5.66. The molecule has 0 aliphatic rings. The number of nitrogens with zero attached hydrogens (tertiary/aromatic N) is 3. The maximum Gasteiger partial charge on any atom is 0.573 e. The Morgan fingerprint density at radius 3 is 2.48 bits per heavy atom. The largest absolute Gasteiger partial charge is 0.573 e. The zero-order valence-corrected chi connectivity index (χ0v) is 18.9. The second kappa shape index (κ2) is 11.0. The molecule has 3 aromatic rings. The number of rotatable bonds is 10. The molecule has 0 spiro atoms. The summed E-state index contributed by atoms with van der Waals surface area (Å²) in [7, 11) is 4.00. The predicted octanol–water partition coefficient (Wildman–Crippen LogP) is 5.33. The van der Waals surface area contributed by atoms with Crippen molar-refractivity contribution in [2.75, 3.05) is 37.8 Å². The molecule has 176 valence electrons. The van der Waals surface area contributed by atoms with E-state index < -0.39 is 6.36 Å². The first-order chi connectivity index (χ1) is 15.7. The summed E-state index contributed by atoms with van der Waals surface area (Å²) in [5.74, 6) is 0.673. The van der Waals surface area contributed by atoms with E-state index in [1.165, 1.54) is 18.2 Å². The molecule has 0 saturated heterocycles. The van der Waals surface area contributed by atoms with E-state index in [1.807, 2.05) is 39.2 Å². The minimum Gasteiger partial charge on any atom is -0.406 e. The lowest BCUT2D eigenvalue weighted by atomic mass is 10.1. The zero-order chi connectivity index (χ0) is 23.8. The van der Waals surface area contributed by atoms with Crippen LogP contribution < -0.4 is 15.4 Å². The standard InChI is InChI=1S/C24H28F3N5O/c1-17-7-4-8-18(13-17)16-29-22-15-21(30-23(31-22)28-11-6-12-32(2)3)19-9-5-10-20(14-19)33-24(25,26)27/h4-5,7-10,13-15H,6,11-12,16H2,1-3H3,(H2,28,29,30,31). The van der Waals surface area contributed by atoms with E-state index in [2.05, 4.69) is 36.3 Å². The van der Waals surface area contributed by atoms with Gasteiger partial charge < -0.3 is 20.3 Å². The molecule has 3 rings (SSSR count). The van der Waals surface area contributed by atoms with Crippen molar-refractivity contribution in [3.8, 4) is 17.0 Å². The average molecular weight is 460 g/mol. The van der Waals surface area contributed by atoms with Crippen molar-refractivity contribution in [2.24, 2.45) is 0 Å². The number of alkyl halides is 3. The molecule has 0 bridgehead atoms. The molecule has 1 heterocycles. The van der Waals surface area contributed by atoms with Crippen molar-refractivity contribution >= 4 is 11.8 Å². The number of aryl methyl sites for hydroxylation is 1. The van der Waals surface area contributed by atoms with Gasteiger partial charge >= 0.3 is 6.36 Å². The van der Waals surface area contributed by atoms with Crippen molar-refractivity contribution < 1.29 is 17.9 Å². The fourth-order valence-corrected chi connectivity index (χ4v) is 3.23. The Morgan fingerprint density at radius 2 is 1.76 bits per heavy atom. The molecule has 1 aromatic heterocycles. The molecular formula is C24H28F3N5O. The van der Waals surface area contributed by atoms with E-state index in [0.29, 0.717) is 36.1 Å². The molecule has 0 aliphatic carbocycles. The number of nitrogens with one attached hydrogen (secondary N) is 2. The zero-order valence-electron chi connectivity index (χ0n) is 18.9. The molecule has 2 N–H and O–H groups in total. The minimum atomic E-state index is -4.76. The van der Waals surface area contributed by atoms with Crippen LogP contribution in [0.4, 0.5) is 24.9 Å². The lowest BCUT2D eigenvalue weighted by Crippen LogP contribution is -2.17. The second-order valence-corrected chi connectivity index (χ2v) is 7.96. The Hall–Kier alpha value is -3.33. The maximum atomic E-state index is 12.7. The van der Waals surface area contributed by atoms with Gasteiger partial charge in [0.25, 0.3) is 0 Å². The molecule has 0 atom stereocenters. The molecule has 0 fully saturated rings. The Morgan fingerprint density at radius 1 is 0.970 bits per heavy atom. The van der Waals surface area contributed by atoms with Crippen LogP contribution in [-0.2, 0) is 6.54 Å². The first-order valence-corrected chi connectivity index (χ1v) is 10.6. The van der Waals surface area contributed by atoms with Gasteiger partial charge in [0.05, 0.1) is 5.69 Å². The third-order valence-corrected chi connectivity index (χ3v) is 4.71. The van der Waals surface area contributed by atoms with Gasteiger partial charge in [0.1, 0.15) is 11.6 Å². The number of benzene rings is 2. The normalized spacial score (nSPS) is 11.5. The van der Waals surface area contributed by atoms with E-state index in [0.717, 1.165) is 24.1 Å². The summed E-state index contributed by atoms with van der Waals surface area (Å²) < 4.78 is 42.0. The van der Waals surface area contributed by atoms with Gasteiger partial charge in [0.2, 0.25) is 5.95 Å². The quantitative estimate of drug-likeness (QED) is 0.400. The van der Waals surface area contributed by atoms with Crippen molar-refractivity contribution in [3.05, 3.63) is 65.7 Å². The lowest BCUT2D eigenvalue weighted by Gasteiger charge is -2.14. The van der Waals surface area contributed by atoms with Gasteiger partial charge in [-0.05, 0) is 51.7 Å². The van der Waals surface area contributed by atoms with Crippen LogP contribution in [0.1, 0.15) is 17.5 Å². The highest BCUT2D eigenvalue weighted by Gasteiger charge is 2.31. The molecule has 33 heavy (non-hydrogen) atoms. The van der Waals surface area contributed by atoms with Crippen LogP contribution in [0.25, 0.3) is 11.3 Å². The first-order valence-electron chi connectivity index (χ1n) is 10.6. The predicted molar refractivity (Wildman–Crippen MR) is 124 cm³/mol. The number of hydrogen-bond acceptors (Lipinski definition) is 6. The van der Waals surface area contributed by atoms with Crippen LogP contribution >= 0.6 is 0 Å². The molecule has 0 unspecified atom stereocenters. The van der Waals surface area contributed by atoms with E-state index >= 15 is 0 Å². The number of ether oxygens (including phenoxy) is 1. The number of aromatic nitrogens is 2. The summed E-state index contributed by atoms with van der Waals surface area (Å²) >= 11 is 0. The van der Waals surface area contributed by atoms with Crippen molar-refractivity contribution in [1.82, 2.24) is 14.9 Å². The molecule has 6 nitrogen and oxygen atoms in total. The average Bonchev–Trinajstić information content (AvgIpc) is 2.74. The molecular weight excluding hydrogens is 431 g/mol. The van der Waals surface area contributed by atoms with Crippen LogP contribution in [-0.4, -0.2) is 48.4 Å².